The number of anilines is 1. The Balaban J connectivity index is 1.51. The predicted octanol–water partition coefficient (Wildman–Crippen LogP) is 2.50. The van der Waals surface area contributed by atoms with Crippen LogP contribution in [0.25, 0.3) is 0 Å². The molecular formula is C16H22FN5O3S. The molecule has 0 radical (unpaired) electrons. The second-order valence-corrected chi connectivity index (χ2v) is 7.49. The molecule has 0 saturated carbocycles. The predicted molar refractivity (Wildman–Crippen MR) is 93.1 cm³/mol. The van der Waals surface area contributed by atoms with E-state index in [1.165, 1.54) is 18.3 Å². The van der Waals surface area contributed by atoms with Gasteiger partial charge in [-0.3, -0.25) is 9.69 Å². The highest BCUT2D eigenvalue weighted by Crippen LogP contribution is 2.27. The maximum atomic E-state index is 14.0. The summed E-state index contributed by atoms with van der Waals surface area (Å²) in [5.74, 6) is 0.232. The van der Waals surface area contributed by atoms with Gasteiger partial charge in [-0.1, -0.05) is 11.3 Å². The third-order valence-electron chi connectivity index (χ3n) is 4.26. The second kappa shape index (κ2) is 8.19. The molecule has 1 N–H and O–H groups in total. The van der Waals surface area contributed by atoms with Crippen molar-refractivity contribution >= 4 is 22.4 Å². The molecular weight excluding hydrogens is 361 g/mol. The minimum atomic E-state index is -0.518. The van der Waals surface area contributed by atoms with Crippen LogP contribution in [-0.2, 0) is 22.7 Å². The van der Waals surface area contributed by atoms with Gasteiger partial charge >= 0.3 is 0 Å². The molecule has 10 heteroatoms. The van der Waals surface area contributed by atoms with E-state index < -0.39 is 5.95 Å². The average molecular weight is 383 g/mol. The first-order chi connectivity index (χ1) is 12.4. The van der Waals surface area contributed by atoms with Crippen LogP contribution in [0, 0.1) is 12.9 Å². The van der Waals surface area contributed by atoms with Crippen LogP contribution in [0.5, 0.6) is 0 Å². The number of aryl methyl sites for hydroxylation is 1. The number of nitrogens with zero attached hydrogens (tertiary/aromatic N) is 4. The molecule has 0 bridgehead atoms. The minimum absolute atomic E-state index is 0.106. The summed E-state index contributed by atoms with van der Waals surface area (Å²) in [6.07, 6.45) is 1.79. The van der Waals surface area contributed by atoms with Crippen molar-refractivity contribution in [3.8, 4) is 0 Å². The van der Waals surface area contributed by atoms with E-state index in [1.54, 1.807) is 6.92 Å². The van der Waals surface area contributed by atoms with Gasteiger partial charge in [0.2, 0.25) is 23.6 Å². The zero-order valence-electron chi connectivity index (χ0n) is 15.0. The number of carbonyl (C=O) groups excluding carboxylic acids is 1. The highest BCUT2D eigenvalue weighted by molar-refractivity contribution is 7.15. The number of thiazole rings is 1. The van der Waals surface area contributed by atoms with Crippen molar-refractivity contribution in [3.63, 3.8) is 0 Å². The zero-order valence-corrected chi connectivity index (χ0v) is 15.8. The Morgan fingerprint density at radius 3 is 2.96 bits per heavy atom. The molecule has 0 spiro atoms. The number of carbonyl (C=O) groups is 1. The summed E-state index contributed by atoms with van der Waals surface area (Å²) in [5, 5.41) is 10.5. The number of likely N-dealkylation sites (tertiary alicyclic amines) is 1. The first-order valence-corrected chi connectivity index (χ1v) is 9.29. The van der Waals surface area contributed by atoms with E-state index in [0.29, 0.717) is 34.9 Å². The van der Waals surface area contributed by atoms with Crippen LogP contribution in [0.15, 0.2) is 4.42 Å². The number of nitrogens with one attached hydrogen (secondary N) is 1. The van der Waals surface area contributed by atoms with E-state index in [1.807, 2.05) is 0 Å². The lowest BCUT2D eigenvalue weighted by molar-refractivity contribution is -0.114. The van der Waals surface area contributed by atoms with Gasteiger partial charge < -0.3 is 14.5 Å². The number of hydrogen-bond donors (Lipinski definition) is 1. The second-order valence-electron chi connectivity index (χ2n) is 6.41. The summed E-state index contributed by atoms with van der Waals surface area (Å²) in [6.45, 7) is 6.79. The van der Waals surface area contributed by atoms with Crippen molar-refractivity contribution in [2.45, 2.75) is 58.9 Å². The molecule has 0 aromatic carbocycles. The monoisotopic (exact) mass is 383 g/mol. The van der Waals surface area contributed by atoms with Gasteiger partial charge in [0.05, 0.1) is 11.0 Å². The van der Waals surface area contributed by atoms with Gasteiger partial charge in [-0.25, -0.2) is 0 Å². The molecule has 0 aliphatic carbocycles. The maximum absolute atomic E-state index is 14.0. The van der Waals surface area contributed by atoms with E-state index in [-0.39, 0.29) is 18.1 Å². The van der Waals surface area contributed by atoms with Gasteiger partial charge in [0, 0.05) is 33.0 Å². The molecule has 26 heavy (non-hydrogen) atoms. The quantitative estimate of drug-likeness (QED) is 0.819. The van der Waals surface area contributed by atoms with Crippen molar-refractivity contribution in [2.75, 3.05) is 11.9 Å². The molecule has 0 unspecified atom stereocenters. The number of halogens is 1. The highest BCUT2D eigenvalue weighted by Gasteiger charge is 2.28. The van der Waals surface area contributed by atoms with Gasteiger partial charge in [0.15, 0.2) is 5.13 Å². The SMILES string of the molecule is CC(=O)Nc1nc(F)c(CN2CC[C@H](OCc3nnc(C)o3)C[C@@H]2C)s1. The lowest BCUT2D eigenvalue weighted by atomic mass is 10.0. The standard InChI is InChI=1S/C16H22FN5O3S/c1-9-6-12(24-8-14-21-20-11(3)25-14)4-5-22(9)7-13-15(17)19-16(26-13)18-10(2)23/h9,12H,4-8H2,1-3H3,(H,18,19,23)/t9-,12-/m0/s1. The Kier molecular flexibility index (Phi) is 5.94. The molecule has 2 atom stereocenters. The van der Waals surface area contributed by atoms with E-state index in [0.717, 1.165) is 19.4 Å². The summed E-state index contributed by atoms with van der Waals surface area (Å²) < 4.78 is 25.2. The summed E-state index contributed by atoms with van der Waals surface area (Å²) in [5.41, 5.74) is 0. The van der Waals surface area contributed by atoms with Gasteiger partial charge in [-0.05, 0) is 19.8 Å². The van der Waals surface area contributed by atoms with Crippen LogP contribution in [0.4, 0.5) is 9.52 Å². The van der Waals surface area contributed by atoms with Crippen molar-refractivity contribution in [3.05, 3.63) is 22.6 Å². The van der Waals surface area contributed by atoms with Crippen molar-refractivity contribution in [2.24, 2.45) is 0 Å². The maximum Gasteiger partial charge on any atom is 0.242 e. The van der Waals surface area contributed by atoms with E-state index >= 15 is 0 Å². The van der Waals surface area contributed by atoms with E-state index in [4.69, 9.17) is 9.15 Å². The molecule has 2 aromatic rings. The van der Waals surface area contributed by atoms with Crippen molar-refractivity contribution < 1.29 is 18.3 Å². The molecule has 3 heterocycles. The first kappa shape index (κ1) is 18.9. The topological polar surface area (TPSA) is 93.4 Å². The summed E-state index contributed by atoms with van der Waals surface area (Å²) in [7, 11) is 0. The van der Waals surface area contributed by atoms with Gasteiger partial charge in [0.25, 0.3) is 0 Å². The Labute approximate surface area is 154 Å². The Morgan fingerprint density at radius 1 is 1.50 bits per heavy atom. The van der Waals surface area contributed by atoms with E-state index in [9.17, 15) is 9.18 Å². The molecule has 142 valence electrons. The highest BCUT2D eigenvalue weighted by atomic mass is 32.1. The smallest absolute Gasteiger partial charge is 0.242 e. The third-order valence-corrected chi connectivity index (χ3v) is 5.19. The fraction of sp³-hybridized carbons (Fsp3) is 0.625. The van der Waals surface area contributed by atoms with Crippen LogP contribution in [0.1, 0.15) is 43.3 Å². The fourth-order valence-electron chi connectivity index (χ4n) is 2.97. The van der Waals surface area contributed by atoms with Gasteiger partial charge in [0.1, 0.15) is 6.61 Å². The summed E-state index contributed by atoms with van der Waals surface area (Å²) in [4.78, 5) is 17.6. The number of rotatable bonds is 6. The summed E-state index contributed by atoms with van der Waals surface area (Å²) >= 11 is 1.18. The minimum Gasteiger partial charge on any atom is -0.423 e. The number of amides is 1. The zero-order chi connectivity index (χ0) is 18.7. The van der Waals surface area contributed by atoms with E-state index in [2.05, 4.69) is 32.3 Å². The summed E-state index contributed by atoms with van der Waals surface area (Å²) in [6, 6.07) is 0.240. The van der Waals surface area contributed by atoms with Gasteiger partial charge in [-0.2, -0.15) is 9.37 Å². The van der Waals surface area contributed by atoms with Crippen LogP contribution in [0.2, 0.25) is 0 Å². The Hall–Kier alpha value is -1.91. The van der Waals surface area contributed by atoms with Crippen LogP contribution in [0.3, 0.4) is 0 Å². The largest absolute Gasteiger partial charge is 0.423 e. The van der Waals surface area contributed by atoms with Crippen molar-refractivity contribution in [1.82, 2.24) is 20.1 Å². The molecule has 1 saturated heterocycles. The normalized spacial score (nSPS) is 21.1. The molecule has 2 aromatic heterocycles. The van der Waals surface area contributed by atoms with Gasteiger partial charge in [-0.15, -0.1) is 10.2 Å². The van der Waals surface area contributed by atoms with Crippen LogP contribution in [-0.4, -0.2) is 44.7 Å². The number of piperidine rings is 1. The van der Waals surface area contributed by atoms with Crippen LogP contribution < -0.4 is 5.32 Å². The Bertz CT molecular complexity index is 765. The lowest BCUT2D eigenvalue weighted by Crippen LogP contribution is -2.42. The molecule has 1 fully saturated rings. The average Bonchev–Trinajstić information content (AvgIpc) is 3.13. The molecule has 1 aliphatic heterocycles. The molecule has 3 rings (SSSR count). The molecule has 8 nitrogen and oxygen atoms in total. The molecule has 1 aliphatic rings. The fourth-order valence-corrected chi connectivity index (χ4v) is 3.88. The number of hydrogen-bond acceptors (Lipinski definition) is 8. The van der Waals surface area contributed by atoms with Crippen molar-refractivity contribution in [1.29, 1.82) is 0 Å². The Morgan fingerprint density at radius 2 is 2.31 bits per heavy atom. The van der Waals surface area contributed by atoms with Crippen LogP contribution >= 0.6 is 11.3 Å². The number of aromatic nitrogens is 3. The third kappa shape index (κ3) is 4.83. The first-order valence-electron chi connectivity index (χ1n) is 8.48. The number of ether oxygens (including phenoxy) is 1. The molecule has 1 amide bonds. The lowest BCUT2D eigenvalue weighted by Gasteiger charge is -2.37.